The third-order valence-corrected chi connectivity index (χ3v) is 4.34. The van der Waals surface area contributed by atoms with Crippen LogP contribution in [0.15, 0.2) is 18.2 Å². The van der Waals surface area contributed by atoms with Gasteiger partial charge < -0.3 is 15.2 Å². The molecule has 2 N–H and O–H groups in total. The largest absolute Gasteiger partial charge is 0.489 e. The van der Waals surface area contributed by atoms with Crippen LogP contribution in [0.5, 0.6) is 5.75 Å². The lowest BCUT2D eigenvalue weighted by Crippen LogP contribution is -2.33. The minimum absolute atomic E-state index is 0.211. The summed E-state index contributed by atoms with van der Waals surface area (Å²) in [6, 6.07) is 5.04. The number of aliphatic hydroxyl groups is 1. The van der Waals surface area contributed by atoms with Gasteiger partial charge in [-0.2, -0.15) is 0 Å². The Morgan fingerprint density at radius 3 is 2.75 bits per heavy atom. The second kappa shape index (κ2) is 6.52. The molecule has 0 radical (unpaired) electrons. The number of aliphatic hydroxyl groups excluding tert-OH is 1. The van der Waals surface area contributed by atoms with Gasteiger partial charge in [0.2, 0.25) is 0 Å². The Morgan fingerprint density at radius 2 is 2.15 bits per heavy atom. The Balaban J connectivity index is 1.66. The topological polar surface area (TPSA) is 41.5 Å². The molecule has 0 bridgehead atoms. The van der Waals surface area contributed by atoms with Gasteiger partial charge in [0.05, 0.1) is 5.02 Å². The van der Waals surface area contributed by atoms with Gasteiger partial charge in [0, 0.05) is 11.6 Å². The fourth-order valence-corrected chi connectivity index (χ4v) is 2.65. The highest BCUT2D eigenvalue weighted by Crippen LogP contribution is 2.50. The molecule has 5 heteroatoms. The van der Waals surface area contributed by atoms with Crippen LogP contribution in [0.2, 0.25) is 10.0 Å². The number of ether oxygens (including phenoxy) is 1. The molecule has 2 rings (SSSR count). The predicted molar refractivity (Wildman–Crippen MR) is 82.7 cm³/mol. The van der Waals surface area contributed by atoms with E-state index in [0.29, 0.717) is 27.8 Å². The molecular weight excluding hydrogens is 297 g/mol. The molecule has 1 aliphatic rings. The molecule has 1 fully saturated rings. The standard InChI is InChI=1S/C15H21Cl2NO2/c1-15(2)6-10(15)7-18-8-12(19)9-20-14-4-3-11(16)5-13(14)17/h3-5,10,12,18-19H,6-9H2,1-2H3. The zero-order chi connectivity index (χ0) is 14.8. The van der Waals surface area contributed by atoms with Crippen molar-refractivity contribution in [1.29, 1.82) is 0 Å². The van der Waals surface area contributed by atoms with Crippen molar-refractivity contribution in [1.82, 2.24) is 5.32 Å². The molecule has 20 heavy (non-hydrogen) atoms. The van der Waals surface area contributed by atoms with E-state index in [4.69, 9.17) is 27.9 Å². The molecule has 0 spiro atoms. The van der Waals surface area contributed by atoms with E-state index in [9.17, 15) is 5.11 Å². The summed E-state index contributed by atoms with van der Waals surface area (Å²) in [4.78, 5) is 0. The van der Waals surface area contributed by atoms with E-state index in [-0.39, 0.29) is 6.61 Å². The van der Waals surface area contributed by atoms with Gasteiger partial charge in [-0.05, 0) is 42.5 Å². The van der Waals surface area contributed by atoms with E-state index in [1.807, 2.05) is 0 Å². The molecule has 2 atom stereocenters. The van der Waals surface area contributed by atoms with Gasteiger partial charge in [-0.1, -0.05) is 37.0 Å². The van der Waals surface area contributed by atoms with Crippen molar-refractivity contribution in [3.05, 3.63) is 28.2 Å². The van der Waals surface area contributed by atoms with E-state index >= 15 is 0 Å². The Bertz CT molecular complexity index is 465. The molecule has 0 aromatic heterocycles. The van der Waals surface area contributed by atoms with Gasteiger partial charge in [0.15, 0.2) is 0 Å². The maximum Gasteiger partial charge on any atom is 0.138 e. The van der Waals surface area contributed by atoms with E-state index in [1.165, 1.54) is 6.42 Å². The molecule has 3 nitrogen and oxygen atoms in total. The lowest BCUT2D eigenvalue weighted by molar-refractivity contribution is 0.106. The van der Waals surface area contributed by atoms with Crippen molar-refractivity contribution in [2.24, 2.45) is 11.3 Å². The lowest BCUT2D eigenvalue weighted by Gasteiger charge is -2.14. The summed E-state index contributed by atoms with van der Waals surface area (Å²) < 4.78 is 5.49. The van der Waals surface area contributed by atoms with Gasteiger partial charge in [0.1, 0.15) is 18.5 Å². The Morgan fingerprint density at radius 1 is 1.45 bits per heavy atom. The number of benzene rings is 1. The van der Waals surface area contributed by atoms with Gasteiger partial charge >= 0.3 is 0 Å². The fraction of sp³-hybridized carbons (Fsp3) is 0.600. The summed E-state index contributed by atoms with van der Waals surface area (Å²) in [7, 11) is 0. The molecule has 1 aliphatic carbocycles. The number of hydrogen-bond acceptors (Lipinski definition) is 3. The van der Waals surface area contributed by atoms with Crippen LogP contribution in [0.25, 0.3) is 0 Å². The average molecular weight is 318 g/mol. The molecule has 0 saturated heterocycles. The van der Waals surface area contributed by atoms with Gasteiger partial charge in [-0.15, -0.1) is 0 Å². The molecule has 0 aliphatic heterocycles. The lowest BCUT2D eigenvalue weighted by atomic mass is 10.1. The van der Waals surface area contributed by atoms with Gasteiger partial charge in [-0.3, -0.25) is 0 Å². The quantitative estimate of drug-likeness (QED) is 0.810. The number of hydrogen-bond donors (Lipinski definition) is 2. The van der Waals surface area contributed by atoms with Crippen molar-refractivity contribution in [3.8, 4) is 5.75 Å². The first kappa shape index (κ1) is 15.9. The molecule has 112 valence electrons. The SMILES string of the molecule is CC1(C)CC1CNCC(O)COc1ccc(Cl)cc1Cl. The predicted octanol–water partition coefficient (Wildman–Crippen LogP) is 3.37. The highest BCUT2D eigenvalue weighted by atomic mass is 35.5. The first-order valence-corrected chi connectivity index (χ1v) is 7.61. The smallest absolute Gasteiger partial charge is 0.138 e. The summed E-state index contributed by atoms with van der Waals surface area (Å²) in [6.45, 7) is 6.22. The zero-order valence-electron chi connectivity index (χ0n) is 11.8. The second-order valence-corrected chi connectivity index (χ2v) is 6.93. The third-order valence-electron chi connectivity index (χ3n) is 3.81. The van der Waals surface area contributed by atoms with E-state index in [0.717, 1.165) is 12.5 Å². The van der Waals surface area contributed by atoms with Crippen LogP contribution in [0.4, 0.5) is 0 Å². The summed E-state index contributed by atoms with van der Waals surface area (Å²) in [5.74, 6) is 1.26. The summed E-state index contributed by atoms with van der Waals surface area (Å²) in [6.07, 6.45) is 0.705. The highest BCUT2D eigenvalue weighted by Gasteiger charge is 2.44. The van der Waals surface area contributed by atoms with Crippen molar-refractivity contribution in [2.75, 3.05) is 19.7 Å². The third kappa shape index (κ3) is 4.52. The summed E-state index contributed by atoms with van der Waals surface area (Å²) >= 11 is 11.8. The molecule has 2 unspecified atom stereocenters. The van der Waals surface area contributed by atoms with E-state index in [2.05, 4.69) is 19.2 Å². The van der Waals surface area contributed by atoms with Crippen LogP contribution in [0.3, 0.4) is 0 Å². The van der Waals surface area contributed by atoms with E-state index < -0.39 is 6.10 Å². The second-order valence-electron chi connectivity index (χ2n) is 6.09. The minimum Gasteiger partial charge on any atom is -0.489 e. The van der Waals surface area contributed by atoms with Crippen LogP contribution in [-0.4, -0.2) is 30.9 Å². The van der Waals surface area contributed by atoms with Crippen molar-refractivity contribution in [2.45, 2.75) is 26.4 Å². The summed E-state index contributed by atoms with van der Waals surface area (Å²) in [5.41, 5.74) is 0.464. The van der Waals surface area contributed by atoms with Gasteiger partial charge in [0.25, 0.3) is 0 Å². The number of halogens is 2. The van der Waals surface area contributed by atoms with Crippen LogP contribution >= 0.6 is 23.2 Å². The number of rotatable bonds is 7. The first-order chi connectivity index (χ1) is 9.38. The average Bonchev–Trinajstić information content (AvgIpc) is 2.96. The van der Waals surface area contributed by atoms with Crippen LogP contribution in [0, 0.1) is 11.3 Å². The summed E-state index contributed by atoms with van der Waals surface area (Å²) in [5, 5.41) is 14.2. The first-order valence-electron chi connectivity index (χ1n) is 6.85. The monoisotopic (exact) mass is 317 g/mol. The molecule has 1 aromatic rings. The number of nitrogens with one attached hydrogen (secondary N) is 1. The van der Waals surface area contributed by atoms with E-state index in [1.54, 1.807) is 18.2 Å². The van der Waals surface area contributed by atoms with Crippen LogP contribution in [0.1, 0.15) is 20.3 Å². The van der Waals surface area contributed by atoms with Gasteiger partial charge in [-0.25, -0.2) is 0 Å². The van der Waals surface area contributed by atoms with Crippen LogP contribution in [-0.2, 0) is 0 Å². The van der Waals surface area contributed by atoms with Crippen molar-refractivity contribution < 1.29 is 9.84 Å². The Kier molecular flexibility index (Phi) is 5.19. The molecular formula is C15H21Cl2NO2. The van der Waals surface area contributed by atoms with Crippen LogP contribution < -0.4 is 10.1 Å². The molecule has 1 saturated carbocycles. The normalized spacial score (nSPS) is 21.6. The maximum absolute atomic E-state index is 9.86. The highest BCUT2D eigenvalue weighted by molar-refractivity contribution is 6.35. The minimum atomic E-state index is -0.552. The zero-order valence-corrected chi connectivity index (χ0v) is 13.3. The van der Waals surface area contributed by atoms with Crippen molar-refractivity contribution >= 4 is 23.2 Å². The Labute approximate surface area is 130 Å². The molecule has 0 heterocycles. The van der Waals surface area contributed by atoms with Crippen molar-refractivity contribution in [3.63, 3.8) is 0 Å². The Hall–Kier alpha value is -0.480. The molecule has 1 aromatic carbocycles. The molecule has 0 amide bonds. The maximum atomic E-state index is 9.86. The fourth-order valence-electron chi connectivity index (χ4n) is 2.19.